The number of H-pyrrole nitrogens is 1. The van der Waals surface area contributed by atoms with Gasteiger partial charge in [-0.2, -0.15) is 0 Å². The first kappa shape index (κ1) is 17.2. The van der Waals surface area contributed by atoms with E-state index in [0.29, 0.717) is 0 Å². The zero-order valence-corrected chi connectivity index (χ0v) is 16.4. The van der Waals surface area contributed by atoms with Crippen molar-refractivity contribution in [2.24, 2.45) is 0 Å². The van der Waals surface area contributed by atoms with Gasteiger partial charge < -0.3 is 14.8 Å². The fourth-order valence-corrected chi connectivity index (χ4v) is 4.10. The van der Waals surface area contributed by atoms with Crippen LogP contribution in [0.4, 0.5) is 5.69 Å². The van der Waals surface area contributed by atoms with Gasteiger partial charge in [0.2, 0.25) is 0 Å². The maximum atomic E-state index is 13.1. The zero-order valence-electron chi connectivity index (χ0n) is 14.8. The van der Waals surface area contributed by atoms with Gasteiger partial charge in [-0.15, -0.1) is 0 Å². The molecular weight excluding hydrogens is 390 g/mol. The van der Waals surface area contributed by atoms with Gasteiger partial charge in [0.15, 0.2) is 0 Å². The van der Waals surface area contributed by atoms with E-state index in [1.807, 2.05) is 23.1 Å². The number of carbonyl (C=O) groups is 1. The predicted octanol–water partition coefficient (Wildman–Crippen LogP) is 4.46. The molecule has 3 aromatic rings. The molecule has 1 N–H and O–H groups in total. The summed E-state index contributed by atoms with van der Waals surface area (Å²) in [4.78, 5) is 20.8. The minimum Gasteiger partial charge on any atom is -0.368 e. The quantitative estimate of drug-likeness (QED) is 0.690. The van der Waals surface area contributed by atoms with Crippen molar-refractivity contribution in [3.8, 4) is 0 Å². The molecule has 1 aliphatic heterocycles. The number of nitrogens with zero attached hydrogens (tertiary/aromatic N) is 2. The maximum Gasteiger partial charge on any atom is 0.270 e. The Bertz CT molecular complexity index is 927. The SMILES string of the molecule is CCc1c(C(=O)N2CCN(c3ccccc3)CC2)[nH]c2ccc(Br)cc12. The van der Waals surface area contributed by atoms with Crippen LogP contribution >= 0.6 is 15.9 Å². The summed E-state index contributed by atoms with van der Waals surface area (Å²) in [7, 11) is 0. The van der Waals surface area contributed by atoms with Crippen molar-refractivity contribution in [2.45, 2.75) is 13.3 Å². The molecule has 0 saturated carbocycles. The van der Waals surface area contributed by atoms with E-state index in [0.717, 1.165) is 59.2 Å². The number of aromatic amines is 1. The van der Waals surface area contributed by atoms with Gasteiger partial charge in [-0.05, 0) is 42.3 Å². The summed E-state index contributed by atoms with van der Waals surface area (Å²) in [6.45, 7) is 5.32. The van der Waals surface area contributed by atoms with Crippen molar-refractivity contribution < 1.29 is 4.79 Å². The summed E-state index contributed by atoms with van der Waals surface area (Å²) in [5, 5.41) is 1.13. The van der Waals surface area contributed by atoms with Crippen LogP contribution in [0, 0.1) is 0 Å². The third-order valence-electron chi connectivity index (χ3n) is 5.12. The number of aryl methyl sites for hydroxylation is 1. The third-order valence-corrected chi connectivity index (χ3v) is 5.62. The molecule has 1 aromatic heterocycles. The number of amides is 1. The van der Waals surface area contributed by atoms with E-state index in [9.17, 15) is 4.79 Å². The number of halogens is 1. The molecule has 0 aliphatic carbocycles. The molecule has 0 bridgehead atoms. The third kappa shape index (κ3) is 3.12. The molecule has 0 unspecified atom stereocenters. The molecule has 1 saturated heterocycles. The topological polar surface area (TPSA) is 39.3 Å². The normalized spacial score (nSPS) is 14.8. The molecule has 134 valence electrons. The molecule has 0 atom stereocenters. The molecule has 4 nitrogen and oxygen atoms in total. The highest BCUT2D eigenvalue weighted by Gasteiger charge is 2.25. The summed E-state index contributed by atoms with van der Waals surface area (Å²) in [6.07, 6.45) is 0.835. The molecule has 0 radical (unpaired) electrons. The van der Waals surface area contributed by atoms with Gasteiger partial charge >= 0.3 is 0 Å². The zero-order chi connectivity index (χ0) is 18.1. The van der Waals surface area contributed by atoms with Gasteiger partial charge in [0, 0.05) is 47.2 Å². The lowest BCUT2D eigenvalue weighted by molar-refractivity contribution is 0.0741. The smallest absolute Gasteiger partial charge is 0.270 e. The van der Waals surface area contributed by atoms with Crippen LogP contribution in [0.2, 0.25) is 0 Å². The van der Waals surface area contributed by atoms with Crippen LogP contribution in [-0.2, 0) is 6.42 Å². The Morgan fingerprint density at radius 2 is 1.81 bits per heavy atom. The minimum atomic E-state index is 0.113. The molecule has 1 amide bonds. The monoisotopic (exact) mass is 411 g/mol. The number of rotatable bonds is 3. The number of hydrogen-bond acceptors (Lipinski definition) is 2. The number of nitrogens with one attached hydrogen (secondary N) is 1. The fraction of sp³-hybridized carbons (Fsp3) is 0.286. The van der Waals surface area contributed by atoms with Gasteiger partial charge in [0.05, 0.1) is 0 Å². The molecule has 1 aliphatic rings. The summed E-state index contributed by atoms with van der Waals surface area (Å²) >= 11 is 3.53. The highest BCUT2D eigenvalue weighted by Crippen LogP contribution is 2.27. The van der Waals surface area contributed by atoms with Crippen LogP contribution in [0.25, 0.3) is 10.9 Å². The van der Waals surface area contributed by atoms with Crippen molar-refractivity contribution in [1.82, 2.24) is 9.88 Å². The average molecular weight is 412 g/mol. The number of hydrogen-bond donors (Lipinski definition) is 1. The Morgan fingerprint density at radius 1 is 1.08 bits per heavy atom. The van der Waals surface area contributed by atoms with E-state index >= 15 is 0 Å². The van der Waals surface area contributed by atoms with Gasteiger partial charge in [0.1, 0.15) is 5.69 Å². The first-order chi connectivity index (χ1) is 12.7. The van der Waals surface area contributed by atoms with Gasteiger partial charge in [-0.25, -0.2) is 0 Å². The lowest BCUT2D eigenvalue weighted by atomic mass is 10.1. The van der Waals surface area contributed by atoms with E-state index in [2.05, 4.69) is 63.1 Å². The number of benzene rings is 2. The Kier molecular flexibility index (Phi) is 4.72. The predicted molar refractivity (Wildman–Crippen MR) is 110 cm³/mol. The molecule has 0 spiro atoms. The van der Waals surface area contributed by atoms with Crippen LogP contribution in [-0.4, -0.2) is 42.0 Å². The highest BCUT2D eigenvalue weighted by molar-refractivity contribution is 9.10. The largest absolute Gasteiger partial charge is 0.368 e. The average Bonchev–Trinajstić information content (AvgIpc) is 3.06. The number of carbonyl (C=O) groups excluding carboxylic acids is 1. The first-order valence-corrected chi connectivity index (χ1v) is 9.86. The van der Waals surface area contributed by atoms with E-state index in [4.69, 9.17) is 0 Å². The van der Waals surface area contributed by atoms with Crippen LogP contribution < -0.4 is 4.90 Å². The van der Waals surface area contributed by atoms with Crippen LogP contribution in [0.3, 0.4) is 0 Å². The number of piperazine rings is 1. The fourth-order valence-electron chi connectivity index (χ4n) is 3.73. The molecule has 2 heterocycles. The summed E-state index contributed by atoms with van der Waals surface area (Å²) < 4.78 is 1.04. The van der Waals surface area contributed by atoms with Crippen LogP contribution in [0.5, 0.6) is 0 Å². The van der Waals surface area contributed by atoms with Crippen LogP contribution in [0.1, 0.15) is 23.0 Å². The Hall–Kier alpha value is -2.27. The summed E-state index contributed by atoms with van der Waals surface area (Å²) in [6, 6.07) is 16.5. The molecule has 2 aromatic carbocycles. The van der Waals surface area contributed by atoms with E-state index in [1.54, 1.807) is 0 Å². The molecule has 5 heteroatoms. The second-order valence-corrected chi connectivity index (χ2v) is 7.55. The molecule has 4 rings (SSSR count). The van der Waals surface area contributed by atoms with E-state index in [-0.39, 0.29) is 5.91 Å². The summed E-state index contributed by atoms with van der Waals surface area (Å²) in [5.74, 6) is 0.113. The van der Waals surface area contributed by atoms with Crippen molar-refractivity contribution in [3.63, 3.8) is 0 Å². The number of fused-ring (bicyclic) bond motifs is 1. The number of para-hydroxylation sites is 1. The second-order valence-electron chi connectivity index (χ2n) is 6.64. The summed E-state index contributed by atoms with van der Waals surface area (Å²) in [5.41, 5.74) is 4.10. The Labute approximate surface area is 161 Å². The van der Waals surface area contributed by atoms with Gasteiger partial charge in [-0.1, -0.05) is 41.1 Å². The standard InChI is InChI=1S/C21H22BrN3O/c1-2-17-18-14-15(22)8-9-19(18)23-20(17)21(26)25-12-10-24(11-13-25)16-6-4-3-5-7-16/h3-9,14,23H,2,10-13H2,1H3. The molecule has 26 heavy (non-hydrogen) atoms. The van der Waals surface area contributed by atoms with E-state index < -0.39 is 0 Å². The first-order valence-electron chi connectivity index (χ1n) is 9.06. The van der Waals surface area contributed by atoms with E-state index in [1.165, 1.54) is 5.69 Å². The molecular formula is C21H22BrN3O. The second kappa shape index (κ2) is 7.16. The van der Waals surface area contributed by atoms with Crippen molar-refractivity contribution in [1.29, 1.82) is 0 Å². The lowest BCUT2D eigenvalue weighted by Crippen LogP contribution is -2.49. The Morgan fingerprint density at radius 3 is 2.50 bits per heavy atom. The maximum absolute atomic E-state index is 13.1. The highest BCUT2D eigenvalue weighted by atomic mass is 79.9. The minimum absolute atomic E-state index is 0.113. The van der Waals surface area contributed by atoms with Crippen LogP contribution in [0.15, 0.2) is 53.0 Å². The van der Waals surface area contributed by atoms with Gasteiger partial charge in [0.25, 0.3) is 5.91 Å². The van der Waals surface area contributed by atoms with Gasteiger partial charge in [-0.3, -0.25) is 4.79 Å². The lowest BCUT2D eigenvalue weighted by Gasteiger charge is -2.36. The van der Waals surface area contributed by atoms with Crippen molar-refractivity contribution in [3.05, 3.63) is 64.3 Å². The Balaban J connectivity index is 1.55. The van der Waals surface area contributed by atoms with Crippen molar-refractivity contribution in [2.75, 3.05) is 31.1 Å². The number of anilines is 1. The molecule has 1 fully saturated rings. The number of aromatic nitrogens is 1. The van der Waals surface area contributed by atoms with Crippen molar-refractivity contribution >= 4 is 38.4 Å².